The third kappa shape index (κ3) is 4.64. The Morgan fingerprint density at radius 2 is 1.36 bits per heavy atom. The van der Waals surface area contributed by atoms with Crippen molar-refractivity contribution in [3.8, 4) is 0 Å². The molecule has 0 spiro atoms. The van der Waals surface area contributed by atoms with Crippen LogP contribution < -0.4 is 0 Å². The highest BCUT2D eigenvalue weighted by Gasteiger charge is 2.24. The van der Waals surface area contributed by atoms with Crippen molar-refractivity contribution in [2.45, 2.75) is 19.8 Å². The van der Waals surface area contributed by atoms with Gasteiger partial charge in [0.15, 0.2) is 10.1 Å². The van der Waals surface area contributed by atoms with Crippen molar-refractivity contribution < 1.29 is 4.92 Å². The molecule has 1 aromatic heterocycles. The number of aromatic nitrogens is 2. The molecule has 126 valence electrons. The van der Waals surface area contributed by atoms with E-state index in [0.29, 0.717) is 10.0 Å². The van der Waals surface area contributed by atoms with E-state index in [4.69, 9.17) is 23.2 Å². The molecule has 0 amide bonds. The quantitative estimate of drug-likeness (QED) is 0.292. The zero-order valence-corrected chi connectivity index (χ0v) is 15.6. The third-order valence-electron chi connectivity index (χ3n) is 2.96. The van der Waals surface area contributed by atoms with Crippen LogP contribution in [0.4, 0.5) is 5.69 Å². The van der Waals surface area contributed by atoms with Gasteiger partial charge in [-0.25, -0.2) is 9.97 Å². The van der Waals surface area contributed by atoms with E-state index in [0.717, 1.165) is 9.79 Å². The van der Waals surface area contributed by atoms with Crippen molar-refractivity contribution in [1.29, 1.82) is 0 Å². The van der Waals surface area contributed by atoms with E-state index < -0.39 is 4.92 Å². The van der Waals surface area contributed by atoms with Gasteiger partial charge in [0.25, 0.3) is 0 Å². The van der Waals surface area contributed by atoms with Gasteiger partial charge in [-0.1, -0.05) is 58.9 Å². The van der Waals surface area contributed by atoms with Gasteiger partial charge in [0.05, 0.1) is 4.92 Å². The summed E-state index contributed by atoms with van der Waals surface area (Å²) in [5, 5.41) is 13.2. The molecular weight excluding hydrogens is 401 g/mol. The summed E-state index contributed by atoms with van der Waals surface area (Å²) in [6.07, 6.45) is 1.31. The lowest BCUT2D eigenvalue weighted by molar-refractivity contribution is -0.391. The van der Waals surface area contributed by atoms with Crippen LogP contribution in [0.1, 0.15) is 0 Å². The summed E-state index contributed by atoms with van der Waals surface area (Å²) in [5.74, 6) is 0. The normalized spacial score (nSPS) is 10.6. The van der Waals surface area contributed by atoms with Gasteiger partial charge in [0.2, 0.25) is 0 Å². The molecule has 0 saturated heterocycles. The Kier molecular flexibility index (Phi) is 5.80. The van der Waals surface area contributed by atoms with Crippen molar-refractivity contribution >= 4 is 52.4 Å². The monoisotopic (exact) mass is 409 g/mol. The maximum absolute atomic E-state index is 11.6. The number of nitro groups is 1. The molecule has 0 aliphatic carbocycles. The van der Waals surface area contributed by atoms with Gasteiger partial charge >= 0.3 is 5.69 Å². The highest BCUT2D eigenvalue weighted by atomic mass is 35.5. The molecule has 0 unspecified atom stereocenters. The van der Waals surface area contributed by atoms with Gasteiger partial charge in [-0.3, -0.25) is 10.1 Å². The second kappa shape index (κ2) is 8.05. The maximum atomic E-state index is 11.6. The predicted molar refractivity (Wildman–Crippen MR) is 99.8 cm³/mol. The van der Waals surface area contributed by atoms with E-state index >= 15 is 0 Å². The van der Waals surface area contributed by atoms with E-state index in [-0.39, 0.29) is 15.7 Å². The minimum Gasteiger partial charge on any atom is -0.258 e. The fourth-order valence-electron chi connectivity index (χ4n) is 1.94. The molecule has 3 aromatic rings. The number of hydrogen-bond donors (Lipinski definition) is 0. The SMILES string of the molecule is O=[N+]([O-])c1c(Sc2cccc(Cl)c2)ncnc1Sc1cccc(Cl)c1. The van der Waals surface area contributed by atoms with Crippen LogP contribution >= 0.6 is 46.7 Å². The molecule has 0 radical (unpaired) electrons. The van der Waals surface area contributed by atoms with Crippen LogP contribution in [0.3, 0.4) is 0 Å². The predicted octanol–water partition coefficient (Wildman–Crippen LogP) is 5.99. The Labute approximate surface area is 161 Å². The first-order valence-electron chi connectivity index (χ1n) is 6.89. The van der Waals surface area contributed by atoms with Gasteiger partial charge in [-0.2, -0.15) is 0 Å². The summed E-state index contributed by atoms with van der Waals surface area (Å²) in [6, 6.07) is 14.1. The van der Waals surface area contributed by atoms with Crippen molar-refractivity contribution in [2.75, 3.05) is 0 Å². The number of halogens is 2. The summed E-state index contributed by atoms with van der Waals surface area (Å²) in [6.45, 7) is 0. The highest BCUT2D eigenvalue weighted by molar-refractivity contribution is 8.00. The summed E-state index contributed by atoms with van der Waals surface area (Å²) < 4.78 is 0. The summed E-state index contributed by atoms with van der Waals surface area (Å²) in [7, 11) is 0. The van der Waals surface area contributed by atoms with Gasteiger partial charge in [-0.05, 0) is 36.4 Å². The topological polar surface area (TPSA) is 68.9 Å². The summed E-state index contributed by atoms with van der Waals surface area (Å²) in [4.78, 5) is 20.8. The van der Waals surface area contributed by atoms with Crippen LogP contribution in [0, 0.1) is 10.1 Å². The fourth-order valence-corrected chi connectivity index (χ4v) is 4.36. The molecule has 25 heavy (non-hydrogen) atoms. The Hall–Kier alpha value is -1.80. The van der Waals surface area contributed by atoms with Gasteiger partial charge in [-0.15, -0.1) is 0 Å². The lowest BCUT2D eigenvalue weighted by Crippen LogP contribution is -1.98. The molecule has 0 fully saturated rings. The molecule has 5 nitrogen and oxygen atoms in total. The van der Waals surface area contributed by atoms with E-state index in [9.17, 15) is 10.1 Å². The molecule has 9 heteroatoms. The Balaban J connectivity index is 1.98. The first kappa shape index (κ1) is 18.0. The van der Waals surface area contributed by atoms with Crippen molar-refractivity contribution in [3.63, 3.8) is 0 Å². The molecule has 0 saturated carbocycles. The molecule has 0 bridgehead atoms. The molecule has 0 N–H and O–H groups in total. The lowest BCUT2D eigenvalue weighted by Gasteiger charge is -2.06. The van der Waals surface area contributed by atoms with Gasteiger partial charge in [0.1, 0.15) is 6.33 Å². The zero-order chi connectivity index (χ0) is 17.8. The largest absolute Gasteiger partial charge is 0.333 e. The Bertz CT molecular complexity index is 875. The molecule has 0 aliphatic heterocycles. The van der Waals surface area contributed by atoms with Crippen LogP contribution in [-0.4, -0.2) is 14.9 Å². The number of nitrogens with zero attached hydrogens (tertiary/aromatic N) is 3. The second-order valence-electron chi connectivity index (χ2n) is 4.71. The average Bonchev–Trinajstić information content (AvgIpc) is 2.55. The third-order valence-corrected chi connectivity index (χ3v) is 5.39. The van der Waals surface area contributed by atoms with E-state index in [2.05, 4.69) is 9.97 Å². The van der Waals surface area contributed by atoms with E-state index in [1.807, 2.05) is 12.1 Å². The van der Waals surface area contributed by atoms with Crippen LogP contribution in [0.2, 0.25) is 10.0 Å². The van der Waals surface area contributed by atoms with Crippen LogP contribution in [-0.2, 0) is 0 Å². The van der Waals surface area contributed by atoms with Gasteiger partial charge < -0.3 is 0 Å². The number of benzene rings is 2. The van der Waals surface area contributed by atoms with Crippen LogP contribution in [0.5, 0.6) is 0 Å². The smallest absolute Gasteiger partial charge is 0.258 e. The van der Waals surface area contributed by atoms with Crippen molar-refractivity contribution in [3.05, 3.63) is 75.0 Å². The summed E-state index contributed by atoms with van der Waals surface area (Å²) in [5.41, 5.74) is -0.141. The van der Waals surface area contributed by atoms with Crippen LogP contribution in [0.25, 0.3) is 0 Å². The minimum atomic E-state index is -0.472. The van der Waals surface area contributed by atoms with E-state index in [1.54, 1.807) is 36.4 Å². The Morgan fingerprint density at radius 3 is 1.76 bits per heavy atom. The van der Waals surface area contributed by atoms with Gasteiger partial charge in [0, 0.05) is 19.8 Å². The molecule has 0 atom stereocenters. The first-order chi connectivity index (χ1) is 12.0. The number of rotatable bonds is 5. The van der Waals surface area contributed by atoms with Crippen molar-refractivity contribution in [2.24, 2.45) is 0 Å². The zero-order valence-electron chi connectivity index (χ0n) is 12.4. The van der Waals surface area contributed by atoms with Crippen molar-refractivity contribution in [1.82, 2.24) is 9.97 Å². The number of hydrogen-bond acceptors (Lipinski definition) is 6. The first-order valence-corrected chi connectivity index (χ1v) is 9.28. The molecule has 2 aromatic carbocycles. The highest BCUT2D eigenvalue weighted by Crippen LogP contribution is 2.40. The standard InChI is InChI=1S/C16H9Cl2N3O2S2/c17-10-3-1-5-12(7-10)24-15-14(21(22)23)16(20-9-19-15)25-13-6-2-4-11(18)8-13/h1-9H. The summed E-state index contributed by atoms with van der Waals surface area (Å²) >= 11 is 14.3. The Morgan fingerprint density at radius 1 is 0.880 bits per heavy atom. The lowest BCUT2D eigenvalue weighted by atomic mass is 10.4. The molecule has 0 aliphatic rings. The molecular formula is C16H9Cl2N3O2S2. The maximum Gasteiger partial charge on any atom is 0.333 e. The van der Waals surface area contributed by atoms with Crippen LogP contribution in [0.15, 0.2) is 74.7 Å². The fraction of sp³-hybridized carbons (Fsp3) is 0. The molecule has 3 rings (SSSR count). The van der Waals surface area contributed by atoms with E-state index in [1.165, 1.54) is 29.9 Å². The average molecular weight is 410 g/mol. The second-order valence-corrected chi connectivity index (χ2v) is 7.71. The minimum absolute atomic E-state index is 0.141. The molecule has 1 heterocycles.